The van der Waals surface area contributed by atoms with E-state index < -0.39 is 0 Å². The first kappa shape index (κ1) is 23.4. The summed E-state index contributed by atoms with van der Waals surface area (Å²) in [5, 5.41) is 6.96. The van der Waals surface area contributed by atoms with Gasteiger partial charge in [0.05, 0.1) is 0 Å². The van der Waals surface area contributed by atoms with Crippen molar-refractivity contribution in [3.8, 4) is 0 Å². The zero-order valence-corrected chi connectivity index (χ0v) is 19.5. The van der Waals surface area contributed by atoms with Crippen LogP contribution >= 0.6 is 24.0 Å². The number of rotatable bonds is 9. The summed E-state index contributed by atoms with van der Waals surface area (Å²) in [5.74, 6) is 1.57. The molecule has 158 valence electrons. The Morgan fingerprint density at radius 3 is 2.57 bits per heavy atom. The monoisotopic (exact) mass is 501 g/mol. The van der Waals surface area contributed by atoms with Crippen molar-refractivity contribution in [2.45, 2.75) is 43.9 Å². The molecular formula is C22H36IN3O2. The highest BCUT2D eigenvalue weighted by molar-refractivity contribution is 14.0. The van der Waals surface area contributed by atoms with E-state index in [2.05, 4.69) is 46.0 Å². The Kier molecular flexibility index (Phi) is 10.6. The summed E-state index contributed by atoms with van der Waals surface area (Å²) >= 11 is 0. The van der Waals surface area contributed by atoms with Gasteiger partial charge in [-0.3, -0.25) is 4.99 Å². The van der Waals surface area contributed by atoms with Crippen molar-refractivity contribution in [3.05, 3.63) is 35.9 Å². The fourth-order valence-electron chi connectivity index (χ4n) is 3.98. The van der Waals surface area contributed by atoms with Crippen LogP contribution in [0.4, 0.5) is 0 Å². The lowest BCUT2D eigenvalue weighted by Gasteiger charge is -2.43. The van der Waals surface area contributed by atoms with Crippen LogP contribution in [-0.4, -0.2) is 52.5 Å². The normalized spacial score (nSPS) is 19.4. The maximum atomic E-state index is 5.83. The van der Waals surface area contributed by atoms with E-state index in [4.69, 9.17) is 9.47 Å². The Balaban J connectivity index is 0.00000280. The van der Waals surface area contributed by atoms with Gasteiger partial charge in [-0.05, 0) is 43.6 Å². The number of halogens is 1. The van der Waals surface area contributed by atoms with Crippen LogP contribution in [0.3, 0.4) is 0 Å². The molecule has 0 amide bonds. The number of nitrogens with zero attached hydrogens (tertiary/aromatic N) is 1. The van der Waals surface area contributed by atoms with Crippen molar-refractivity contribution in [1.82, 2.24) is 10.6 Å². The third kappa shape index (κ3) is 6.88. The van der Waals surface area contributed by atoms with Gasteiger partial charge in [-0.1, -0.05) is 36.8 Å². The lowest BCUT2D eigenvalue weighted by Crippen LogP contribution is -2.49. The van der Waals surface area contributed by atoms with Crippen LogP contribution in [-0.2, 0) is 14.9 Å². The van der Waals surface area contributed by atoms with Gasteiger partial charge >= 0.3 is 0 Å². The molecule has 0 unspecified atom stereocenters. The molecule has 2 aliphatic rings. The fraction of sp³-hybridized carbons (Fsp3) is 0.682. The predicted molar refractivity (Wildman–Crippen MR) is 126 cm³/mol. The summed E-state index contributed by atoms with van der Waals surface area (Å²) in [6, 6.07) is 10.9. The summed E-state index contributed by atoms with van der Waals surface area (Å²) in [6.45, 7) is 5.28. The second-order valence-corrected chi connectivity index (χ2v) is 7.84. The zero-order valence-electron chi connectivity index (χ0n) is 17.1. The average Bonchev–Trinajstić information content (AvgIpc) is 2.69. The SMILES string of the molecule is CN=C(NCCCOCC1CCOCC1)NCC1(c2ccccc2)CCC1.I. The molecule has 1 saturated heterocycles. The van der Waals surface area contributed by atoms with Gasteiger partial charge in [0.25, 0.3) is 0 Å². The minimum atomic E-state index is 0. The van der Waals surface area contributed by atoms with E-state index in [0.29, 0.717) is 5.92 Å². The molecule has 0 radical (unpaired) electrons. The Morgan fingerprint density at radius 2 is 1.93 bits per heavy atom. The van der Waals surface area contributed by atoms with Gasteiger partial charge in [-0.25, -0.2) is 0 Å². The molecule has 6 heteroatoms. The second kappa shape index (κ2) is 12.6. The average molecular weight is 501 g/mol. The lowest BCUT2D eigenvalue weighted by atomic mass is 9.64. The molecule has 0 aromatic heterocycles. The third-order valence-corrected chi connectivity index (χ3v) is 5.97. The lowest BCUT2D eigenvalue weighted by molar-refractivity contribution is 0.0203. The van der Waals surface area contributed by atoms with Crippen molar-refractivity contribution < 1.29 is 9.47 Å². The van der Waals surface area contributed by atoms with Crippen molar-refractivity contribution in [2.24, 2.45) is 10.9 Å². The van der Waals surface area contributed by atoms with E-state index in [1.54, 1.807) is 0 Å². The molecule has 2 fully saturated rings. The molecule has 1 aliphatic carbocycles. The Bertz CT molecular complexity index is 572. The quantitative estimate of drug-likeness (QED) is 0.235. The molecule has 28 heavy (non-hydrogen) atoms. The van der Waals surface area contributed by atoms with E-state index in [-0.39, 0.29) is 29.4 Å². The standard InChI is InChI=1S/C22H35N3O2.HI/c1-23-21(24-13-6-14-27-17-19-9-15-26-16-10-19)25-18-22(11-5-12-22)20-7-3-2-4-8-20;/h2-4,7-8,19H,5-6,9-18H2,1H3,(H2,23,24,25);1H. The number of guanidine groups is 1. The molecular weight excluding hydrogens is 465 g/mol. The topological polar surface area (TPSA) is 54.9 Å². The van der Waals surface area contributed by atoms with Crippen LogP contribution in [0.25, 0.3) is 0 Å². The van der Waals surface area contributed by atoms with Gasteiger partial charge < -0.3 is 20.1 Å². The van der Waals surface area contributed by atoms with Crippen LogP contribution in [0, 0.1) is 5.92 Å². The molecule has 3 rings (SSSR count). The molecule has 1 aromatic rings. The van der Waals surface area contributed by atoms with Crippen molar-refractivity contribution in [1.29, 1.82) is 0 Å². The third-order valence-electron chi connectivity index (χ3n) is 5.97. The molecule has 2 N–H and O–H groups in total. The van der Waals surface area contributed by atoms with Gasteiger partial charge in [-0.2, -0.15) is 0 Å². The van der Waals surface area contributed by atoms with Crippen LogP contribution in [0.2, 0.25) is 0 Å². The number of aliphatic imine (C=N–C) groups is 1. The van der Waals surface area contributed by atoms with Crippen LogP contribution in [0.1, 0.15) is 44.1 Å². The maximum Gasteiger partial charge on any atom is 0.191 e. The predicted octanol–water partition coefficient (Wildman–Crippen LogP) is 3.72. The second-order valence-electron chi connectivity index (χ2n) is 7.84. The molecule has 1 saturated carbocycles. The molecule has 0 bridgehead atoms. The van der Waals surface area contributed by atoms with Gasteiger partial charge in [-0.15, -0.1) is 24.0 Å². The largest absolute Gasteiger partial charge is 0.381 e. The highest BCUT2D eigenvalue weighted by Gasteiger charge is 2.38. The van der Waals surface area contributed by atoms with Gasteiger partial charge in [0.1, 0.15) is 0 Å². The van der Waals surface area contributed by atoms with Gasteiger partial charge in [0.2, 0.25) is 0 Å². The van der Waals surface area contributed by atoms with Crippen LogP contribution < -0.4 is 10.6 Å². The first-order valence-corrected chi connectivity index (χ1v) is 10.5. The smallest absolute Gasteiger partial charge is 0.191 e. The minimum absolute atomic E-state index is 0. The van der Waals surface area contributed by atoms with Crippen LogP contribution in [0.5, 0.6) is 0 Å². The van der Waals surface area contributed by atoms with E-state index in [9.17, 15) is 0 Å². The summed E-state index contributed by atoms with van der Waals surface area (Å²) < 4.78 is 11.2. The fourth-order valence-corrected chi connectivity index (χ4v) is 3.98. The van der Waals surface area contributed by atoms with Crippen LogP contribution in [0.15, 0.2) is 35.3 Å². The number of hydrogen-bond acceptors (Lipinski definition) is 3. The minimum Gasteiger partial charge on any atom is -0.381 e. The van der Waals surface area contributed by atoms with Gasteiger partial charge in [0.15, 0.2) is 5.96 Å². The molecule has 5 nitrogen and oxygen atoms in total. The number of hydrogen-bond donors (Lipinski definition) is 2. The first-order chi connectivity index (χ1) is 13.3. The van der Waals surface area contributed by atoms with Crippen molar-refractivity contribution in [2.75, 3.05) is 46.6 Å². The number of ether oxygens (including phenoxy) is 2. The van der Waals surface area contributed by atoms with Crippen molar-refractivity contribution in [3.63, 3.8) is 0 Å². The highest BCUT2D eigenvalue weighted by atomic mass is 127. The van der Waals surface area contributed by atoms with E-state index in [1.807, 2.05) is 7.05 Å². The Morgan fingerprint density at radius 1 is 1.18 bits per heavy atom. The van der Waals surface area contributed by atoms with Gasteiger partial charge in [0, 0.05) is 52.0 Å². The van der Waals surface area contributed by atoms with E-state index >= 15 is 0 Å². The Hall–Kier alpha value is -0.860. The molecule has 1 aromatic carbocycles. The maximum absolute atomic E-state index is 5.83. The molecule has 1 aliphatic heterocycles. The summed E-state index contributed by atoms with van der Waals surface area (Å²) in [5.41, 5.74) is 1.71. The Labute approximate surface area is 187 Å². The summed E-state index contributed by atoms with van der Waals surface area (Å²) in [6.07, 6.45) is 7.08. The number of benzene rings is 1. The van der Waals surface area contributed by atoms with Crippen molar-refractivity contribution >= 4 is 29.9 Å². The van der Waals surface area contributed by atoms with E-state index in [0.717, 1.165) is 64.7 Å². The van der Waals surface area contributed by atoms with E-state index in [1.165, 1.54) is 24.8 Å². The molecule has 0 spiro atoms. The molecule has 1 heterocycles. The summed E-state index contributed by atoms with van der Waals surface area (Å²) in [4.78, 5) is 4.37. The molecule has 0 atom stereocenters. The number of nitrogens with one attached hydrogen (secondary N) is 2. The first-order valence-electron chi connectivity index (χ1n) is 10.5. The summed E-state index contributed by atoms with van der Waals surface area (Å²) in [7, 11) is 1.84. The zero-order chi connectivity index (χ0) is 18.8. The highest BCUT2D eigenvalue weighted by Crippen LogP contribution is 2.43.